The summed E-state index contributed by atoms with van der Waals surface area (Å²) in [4.78, 5) is 18.3. The lowest BCUT2D eigenvalue weighted by Gasteiger charge is -2.52. The highest BCUT2D eigenvalue weighted by Crippen LogP contribution is 2.65. The lowest BCUT2D eigenvalue weighted by atomic mass is 9.57. The van der Waals surface area contributed by atoms with Crippen LogP contribution in [0.4, 0.5) is 13.2 Å². The Balaban J connectivity index is 1.53. The second kappa shape index (κ2) is 13.1. The topological polar surface area (TPSA) is 99.9 Å². The molecule has 0 bridgehead atoms. The van der Waals surface area contributed by atoms with Crippen molar-refractivity contribution in [3.8, 4) is 6.07 Å². The Morgan fingerprint density at radius 3 is 2.28 bits per heavy atom. The highest BCUT2D eigenvalue weighted by atomic mass is 32.2. The van der Waals surface area contributed by atoms with Gasteiger partial charge >= 0.3 is 12.1 Å². The first-order valence-corrected chi connectivity index (χ1v) is 19.3. The summed E-state index contributed by atoms with van der Waals surface area (Å²) in [5, 5.41) is 9.88. The molecule has 4 heterocycles. The second-order valence-corrected chi connectivity index (χ2v) is 17.9. The molecule has 2 aromatic rings. The van der Waals surface area contributed by atoms with E-state index in [1.54, 1.807) is 6.07 Å². The third-order valence-corrected chi connectivity index (χ3v) is 13.8. The molecule has 7 rings (SSSR count). The molecule has 5 aliphatic rings. The van der Waals surface area contributed by atoms with Crippen molar-refractivity contribution in [2.45, 2.75) is 120 Å². The minimum absolute atomic E-state index is 0.0132. The van der Waals surface area contributed by atoms with Crippen molar-refractivity contribution in [3.05, 3.63) is 63.0 Å². The SMILES string of the molecule is CC(=O)O[C@H]1c2nc(C3CCOCC3)c3c(c2[C@@H](O[S+](C)C(C)(C)C)CC12CCC2)C1(CCOCC1)O[C@@H]3c1ccc(C(F)(F)F)c(C#N)c1. The van der Waals surface area contributed by atoms with Gasteiger partial charge in [0.2, 0.25) is 0 Å². The molecule has 50 heavy (non-hydrogen) atoms. The number of nitrogens with zero attached hydrogens (tertiary/aromatic N) is 2. The largest absolute Gasteiger partial charge is 0.455 e. The van der Waals surface area contributed by atoms with E-state index in [1.165, 1.54) is 19.1 Å². The minimum atomic E-state index is -4.67. The number of carbonyl (C=O) groups excluding carboxylic acids is 1. The number of pyridine rings is 1. The van der Waals surface area contributed by atoms with Gasteiger partial charge in [-0.25, -0.2) is 0 Å². The number of halogens is 3. The van der Waals surface area contributed by atoms with Crippen molar-refractivity contribution in [3.63, 3.8) is 0 Å². The molecule has 2 aliphatic carbocycles. The van der Waals surface area contributed by atoms with Crippen LogP contribution in [-0.4, -0.2) is 48.4 Å². The molecule has 2 spiro atoms. The number of nitriles is 1. The summed E-state index contributed by atoms with van der Waals surface area (Å²) in [5.74, 6) is -0.379. The number of fused-ring (bicyclic) bond motifs is 4. The van der Waals surface area contributed by atoms with Gasteiger partial charge in [0.15, 0.2) is 4.75 Å². The number of carbonyl (C=O) groups is 1. The number of aromatic nitrogens is 1. The van der Waals surface area contributed by atoms with Crippen LogP contribution in [-0.2, 0) is 50.9 Å². The minimum Gasteiger partial charge on any atom is -0.455 e. The molecular weight excluding hydrogens is 669 g/mol. The number of benzene rings is 1. The quantitative estimate of drug-likeness (QED) is 0.226. The summed E-state index contributed by atoms with van der Waals surface area (Å²) in [6, 6.07) is 5.53. The molecule has 270 valence electrons. The maximum Gasteiger partial charge on any atom is 0.417 e. The Labute approximate surface area is 294 Å². The van der Waals surface area contributed by atoms with Crippen molar-refractivity contribution in [1.29, 1.82) is 5.26 Å². The average molecular weight is 716 g/mol. The Bertz CT molecular complexity index is 1680. The zero-order chi connectivity index (χ0) is 35.6. The van der Waals surface area contributed by atoms with Crippen molar-refractivity contribution < 1.29 is 41.1 Å². The molecule has 1 unspecified atom stereocenters. The molecule has 0 radical (unpaired) electrons. The summed E-state index contributed by atoms with van der Waals surface area (Å²) >= 11 is -0.468. The fourth-order valence-electron chi connectivity index (χ4n) is 8.64. The van der Waals surface area contributed by atoms with Gasteiger partial charge in [0.1, 0.15) is 35.7 Å². The number of alkyl halides is 3. The Morgan fingerprint density at radius 2 is 1.70 bits per heavy atom. The maximum atomic E-state index is 14.0. The third-order valence-electron chi connectivity index (χ3n) is 11.5. The summed E-state index contributed by atoms with van der Waals surface area (Å²) in [7, 11) is 0. The standard InChI is InChI=1S/C38H46F3N2O6S/c1-22(44)47-34-32-28(27(20-36(34)11-6-12-36)49-50(5)35(2,3)4)30-29(31(43-32)23-9-15-45-16-10-23)33(48-37(30)13-17-46-18-14-37)24-7-8-26(38(39,40)41)25(19-24)21-42/h7-8,19,23,27,33-34H,6,9-18,20H2,1-5H3/q+1/t27-,33+,34-,50?/m0/s1. The van der Waals surface area contributed by atoms with Crippen LogP contribution in [0.2, 0.25) is 0 Å². The van der Waals surface area contributed by atoms with E-state index in [4.69, 9.17) is 28.1 Å². The molecule has 3 aliphatic heterocycles. The fourth-order valence-corrected chi connectivity index (χ4v) is 9.44. The fraction of sp³-hybridized carbons (Fsp3) is 0.658. The van der Waals surface area contributed by atoms with Gasteiger partial charge in [-0.1, -0.05) is 12.5 Å². The molecule has 1 saturated carbocycles. The van der Waals surface area contributed by atoms with Crippen LogP contribution in [0.15, 0.2) is 18.2 Å². The van der Waals surface area contributed by atoms with E-state index in [-0.39, 0.29) is 28.2 Å². The Hall–Kier alpha value is -2.69. The van der Waals surface area contributed by atoms with Crippen molar-refractivity contribution in [2.75, 3.05) is 32.7 Å². The zero-order valence-corrected chi connectivity index (χ0v) is 30.2. The molecule has 1 aromatic heterocycles. The number of rotatable bonds is 5. The number of ether oxygens (including phenoxy) is 4. The molecule has 0 amide bonds. The van der Waals surface area contributed by atoms with Crippen molar-refractivity contribution in [2.24, 2.45) is 5.41 Å². The van der Waals surface area contributed by atoms with E-state index >= 15 is 0 Å². The summed E-state index contributed by atoms with van der Waals surface area (Å²) in [6.45, 7) is 9.91. The molecular formula is C38H46F3N2O6S+. The Kier molecular flexibility index (Phi) is 9.33. The molecule has 8 nitrogen and oxygen atoms in total. The van der Waals surface area contributed by atoms with Gasteiger partial charge in [-0.05, 0) is 76.1 Å². The van der Waals surface area contributed by atoms with Crippen LogP contribution >= 0.6 is 0 Å². The monoisotopic (exact) mass is 715 g/mol. The summed E-state index contributed by atoms with van der Waals surface area (Å²) in [5.41, 5.74) is 2.11. The van der Waals surface area contributed by atoms with Crippen LogP contribution < -0.4 is 0 Å². The second-order valence-electron chi connectivity index (χ2n) is 15.6. The lowest BCUT2D eigenvalue weighted by Crippen LogP contribution is -2.46. The number of esters is 1. The smallest absolute Gasteiger partial charge is 0.417 e. The van der Waals surface area contributed by atoms with E-state index in [2.05, 4.69) is 27.0 Å². The zero-order valence-electron chi connectivity index (χ0n) is 29.4. The number of hydrogen-bond donors (Lipinski definition) is 0. The van der Waals surface area contributed by atoms with Crippen LogP contribution in [0.5, 0.6) is 0 Å². The normalized spacial score (nSPS) is 26.5. The lowest BCUT2D eigenvalue weighted by molar-refractivity contribution is -0.166. The van der Waals surface area contributed by atoms with E-state index in [9.17, 15) is 23.2 Å². The first-order valence-electron chi connectivity index (χ1n) is 17.7. The first kappa shape index (κ1) is 35.7. The van der Waals surface area contributed by atoms with Crippen LogP contribution in [0.3, 0.4) is 0 Å². The van der Waals surface area contributed by atoms with Gasteiger partial charge < -0.3 is 18.9 Å². The average Bonchev–Trinajstić information content (AvgIpc) is 3.37. The third kappa shape index (κ3) is 6.15. The van der Waals surface area contributed by atoms with Gasteiger partial charge in [-0.15, -0.1) is 0 Å². The first-order chi connectivity index (χ1) is 23.7. The molecule has 3 fully saturated rings. The Morgan fingerprint density at radius 1 is 1.02 bits per heavy atom. The van der Waals surface area contributed by atoms with E-state index in [0.717, 1.165) is 53.4 Å². The summed E-state index contributed by atoms with van der Waals surface area (Å²) in [6.07, 6.45) is 1.69. The highest BCUT2D eigenvalue weighted by Gasteiger charge is 2.60. The van der Waals surface area contributed by atoms with Gasteiger partial charge in [0.05, 0.1) is 34.2 Å². The maximum absolute atomic E-state index is 14.0. The van der Waals surface area contributed by atoms with Gasteiger partial charge in [-0.3, -0.25) is 9.78 Å². The van der Waals surface area contributed by atoms with E-state index in [0.29, 0.717) is 64.1 Å². The molecule has 12 heteroatoms. The number of hydrogen-bond acceptors (Lipinski definition) is 8. The van der Waals surface area contributed by atoms with Gasteiger partial charge in [-0.2, -0.15) is 22.6 Å². The van der Waals surface area contributed by atoms with E-state index < -0.39 is 46.3 Å². The molecule has 1 aromatic carbocycles. The molecule has 2 saturated heterocycles. The van der Waals surface area contributed by atoms with E-state index in [1.807, 2.05) is 0 Å². The predicted octanol–water partition coefficient (Wildman–Crippen LogP) is 8.19. The van der Waals surface area contributed by atoms with Crippen molar-refractivity contribution in [1.82, 2.24) is 4.98 Å². The van der Waals surface area contributed by atoms with Crippen molar-refractivity contribution >= 4 is 17.1 Å². The molecule has 0 N–H and O–H groups in total. The van der Waals surface area contributed by atoms with Crippen LogP contribution in [0.25, 0.3) is 0 Å². The highest BCUT2D eigenvalue weighted by molar-refractivity contribution is 7.93. The van der Waals surface area contributed by atoms with Crippen LogP contribution in [0.1, 0.15) is 148 Å². The molecule has 4 atom stereocenters. The van der Waals surface area contributed by atoms with Gasteiger partial charge in [0.25, 0.3) is 0 Å². The van der Waals surface area contributed by atoms with Crippen LogP contribution in [0, 0.1) is 16.7 Å². The van der Waals surface area contributed by atoms with Gasteiger partial charge in [0, 0.05) is 68.7 Å². The predicted molar refractivity (Wildman–Crippen MR) is 180 cm³/mol. The summed E-state index contributed by atoms with van der Waals surface area (Å²) < 4.78 is 74.0.